The first kappa shape index (κ1) is 26.0. The Morgan fingerprint density at radius 3 is 2.19 bits per heavy atom. The predicted octanol–water partition coefficient (Wildman–Crippen LogP) is 0.895. The van der Waals surface area contributed by atoms with E-state index in [1.807, 2.05) is 13.8 Å². The molecule has 1 unspecified atom stereocenters. The quantitative estimate of drug-likeness (QED) is 0.315. The molecule has 1 rings (SSSR count). The highest BCUT2D eigenvalue weighted by atomic mass is 32.2. The number of hydrogen-bond acceptors (Lipinski definition) is 8. The highest BCUT2D eigenvalue weighted by Crippen LogP contribution is 2.24. The maximum Gasteiger partial charge on any atom is 0.242 e. The van der Waals surface area contributed by atoms with Crippen molar-refractivity contribution in [3.63, 3.8) is 0 Å². The molecule has 1 fully saturated rings. The van der Waals surface area contributed by atoms with E-state index in [0.717, 1.165) is 0 Å². The lowest BCUT2D eigenvalue weighted by molar-refractivity contribution is -0.139. The first-order chi connectivity index (χ1) is 13.1. The molecule has 1 atom stereocenters. The molecule has 0 aromatic carbocycles. The van der Waals surface area contributed by atoms with Gasteiger partial charge < -0.3 is 19.3 Å². The lowest BCUT2D eigenvalue weighted by Gasteiger charge is -2.14. The van der Waals surface area contributed by atoms with E-state index in [4.69, 9.17) is 19.3 Å². The van der Waals surface area contributed by atoms with Gasteiger partial charge in [-0.2, -0.15) is 0 Å². The van der Waals surface area contributed by atoms with Crippen LogP contribution >= 0.6 is 11.8 Å². The van der Waals surface area contributed by atoms with Gasteiger partial charge in [0.05, 0.1) is 58.0 Å². The summed E-state index contributed by atoms with van der Waals surface area (Å²) in [5.41, 5.74) is 0. The second kappa shape index (κ2) is 17.1. The lowest BCUT2D eigenvalue weighted by atomic mass is 10.3. The fraction of sp³-hybridized carbons (Fsp3) is 0.833. The van der Waals surface area contributed by atoms with Crippen LogP contribution in [0.4, 0.5) is 0 Å². The fourth-order valence-corrected chi connectivity index (χ4v) is 3.05. The Labute approximate surface area is 165 Å². The first-order valence-corrected chi connectivity index (χ1v) is 10.4. The van der Waals surface area contributed by atoms with Crippen LogP contribution in [0.5, 0.6) is 0 Å². The van der Waals surface area contributed by atoms with Gasteiger partial charge in [0.15, 0.2) is 0 Å². The molecule has 0 aromatic rings. The van der Waals surface area contributed by atoms with E-state index in [1.165, 1.54) is 23.6 Å². The second-order valence-electron chi connectivity index (χ2n) is 5.46. The van der Waals surface area contributed by atoms with E-state index in [9.17, 15) is 14.4 Å². The van der Waals surface area contributed by atoms with Gasteiger partial charge in [-0.25, -0.2) is 0 Å². The number of likely N-dealkylation sites (tertiary alicyclic amines) is 1. The molecule has 27 heavy (non-hydrogen) atoms. The van der Waals surface area contributed by atoms with Crippen molar-refractivity contribution in [2.75, 3.05) is 58.5 Å². The minimum Gasteiger partial charge on any atom is -0.396 e. The zero-order valence-corrected chi connectivity index (χ0v) is 17.4. The number of carbonyl (C=O) groups excluding carboxylic acids is 3. The Kier molecular flexibility index (Phi) is 16.5. The molecule has 1 aliphatic heterocycles. The highest BCUT2D eigenvalue weighted by Gasteiger charge is 2.38. The van der Waals surface area contributed by atoms with Crippen molar-refractivity contribution in [3.8, 4) is 0 Å². The van der Waals surface area contributed by atoms with Crippen molar-refractivity contribution in [2.24, 2.45) is 0 Å². The van der Waals surface area contributed by atoms with Gasteiger partial charge in [0.25, 0.3) is 0 Å². The van der Waals surface area contributed by atoms with Gasteiger partial charge in [-0.15, -0.1) is 11.8 Å². The molecule has 8 nitrogen and oxygen atoms in total. The van der Waals surface area contributed by atoms with E-state index in [2.05, 4.69) is 0 Å². The summed E-state index contributed by atoms with van der Waals surface area (Å²) >= 11 is 1.31. The number of Topliss-reactive ketones (excluding diaryl/α,β-unsaturated/α-hetero) is 1. The molecule has 0 saturated carbocycles. The summed E-state index contributed by atoms with van der Waals surface area (Å²) in [7, 11) is 0. The minimum absolute atomic E-state index is 0.00643. The van der Waals surface area contributed by atoms with Crippen LogP contribution in [0, 0.1) is 0 Å². The van der Waals surface area contributed by atoms with Crippen LogP contribution in [0.15, 0.2) is 0 Å². The number of ether oxygens (including phenoxy) is 3. The Morgan fingerprint density at radius 1 is 1.07 bits per heavy atom. The van der Waals surface area contributed by atoms with Gasteiger partial charge in [-0.1, -0.05) is 13.8 Å². The third-order valence-electron chi connectivity index (χ3n) is 3.41. The maximum atomic E-state index is 12.0. The normalized spacial score (nSPS) is 16.4. The number of hydrogen-bond donors (Lipinski definition) is 1. The zero-order chi connectivity index (χ0) is 20.5. The molecule has 1 saturated heterocycles. The smallest absolute Gasteiger partial charge is 0.242 e. The van der Waals surface area contributed by atoms with Crippen LogP contribution in [0.1, 0.15) is 33.6 Å². The summed E-state index contributed by atoms with van der Waals surface area (Å²) in [5, 5.41) is 8.40. The van der Waals surface area contributed by atoms with Crippen molar-refractivity contribution in [1.82, 2.24) is 4.90 Å². The third-order valence-corrected chi connectivity index (χ3v) is 4.60. The van der Waals surface area contributed by atoms with E-state index in [1.54, 1.807) is 0 Å². The third kappa shape index (κ3) is 12.1. The van der Waals surface area contributed by atoms with Crippen LogP contribution in [0.2, 0.25) is 0 Å². The molecule has 0 aliphatic carbocycles. The Hall–Kier alpha value is -1.00. The summed E-state index contributed by atoms with van der Waals surface area (Å²) in [5.74, 6) is 0.153. The van der Waals surface area contributed by atoms with Crippen molar-refractivity contribution in [1.29, 1.82) is 0 Å². The molecule has 1 aliphatic rings. The largest absolute Gasteiger partial charge is 0.396 e. The van der Waals surface area contributed by atoms with Gasteiger partial charge >= 0.3 is 0 Å². The van der Waals surface area contributed by atoms with E-state index in [-0.39, 0.29) is 49.0 Å². The molecule has 9 heteroatoms. The SMILES string of the molecule is CC.CC(=O)CCOCCOCCOCCN1C(=O)CC(SCCO)C1=O. The molecule has 158 valence electrons. The van der Waals surface area contributed by atoms with Gasteiger partial charge in [-0.3, -0.25) is 19.3 Å². The van der Waals surface area contributed by atoms with Crippen LogP contribution in [0.3, 0.4) is 0 Å². The Bertz CT molecular complexity index is 434. The number of imide groups is 1. The fourth-order valence-electron chi connectivity index (χ4n) is 2.13. The summed E-state index contributed by atoms with van der Waals surface area (Å²) in [6, 6.07) is 0. The number of aliphatic hydroxyl groups is 1. The number of thioether (sulfide) groups is 1. The Balaban J connectivity index is 0.00000326. The topological polar surface area (TPSA) is 102 Å². The number of amides is 2. The van der Waals surface area contributed by atoms with Crippen LogP contribution < -0.4 is 0 Å². The molecule has 1 N–H and O–H groups in total. The van der Waals surface area contributed by atoms with E-state index < -0.39 is 0 Å². The van der Waals surface area contributed by atoms with Crippen molar-refractivity contribution >= 4 is 29.4 Å². The summed E-state index contributed by atoms with van der Waals surface area (Å²) in [6.45, 7) is 8.05. The predicted molar refractivity (Wildman–Crippen MR) is 104 cm³/mol. The molecule has 2 amide bonds. The monoisotopic (exact) mass is 407 g/mol. The van der Waals surface area contributed by atoms with Crippen LogP contribution in [0.25, 0.3) is 0 Å². The molecule has 0 spiro atoms. The number of rotatable bonds is 15. The highest BCUT2D eigenvalue weighted by molar-refractivity contribution is 8.00. The zero-order valence-electron chi connectivity index (χ0n) is 16.6. The maximum absolute atomic E-state index is 12.0. The average Bonchev–Trinajstić information content (AvgIpc) is 2.93. The van der Waals surface area contributed by atoms with Crippen LogP contribution in [-0.2, 0) is 28.6 Å². The standard InChI is InChI=1S/C16H27NO7S.C2H6/c1-13(19)2-5-22-7-9-24-10-8-23-6-3-17-15(20)12-14(16(17)21)25-11-4-18;1-2/h14,18H,2-12H2,1H3;1-2H3. The van der Waals surface area contributed by atoms with Gasteiger partial charge in [0.1, 0.15) is 5.78 Å². The second-order valence-corrected chi connectivity index (χ2v) is 6.77. The molecule has 1 heterocycles. The first-order valence-electron chi connectivity index (χ1n) is 9.35. The summed E-state index contributed by atoms with van der Waals surface area (Å²) < 4.78 is 15.9. The molecular weight excluding hydrogens is 374 g/mol. The molecule has 0 aromatic heterocycles. The van der Waals surface area contributed by atoms with Gasteiger partial charge in [-0.05, 0) is 6.92 Å². The molecule has 0 bridgehead atoms. The van der Waals surface area contributed by atoms with Crippen LogP contribution in [-0.4, -0.2) is 91.4 Å². The van der Waals surface area contributed by atoms with Gasteiger partial charge in [0, 0.05) is 18.6 Å². The molecule has 0 radical (unpaired) electrons. The van der Waals surface area contributed by atoms with Crippen molar-refractivity contribution < 1.29 is 33.7 Å². The van der Waals surface area contributed by atoms with Crippen molar-refractivity contribution in [2.45, 2.75) is 38.9 Å². The lowest BCUT2D eigenvalue weighted by Crippen LogP contribution is -2.34. The number of ketones is 1. The minimum atomic E-state index is -0.383. The number of aliphatic hydroxyl groups excluding tert-OH is 1. The van der Waals surface area contributed by atoms with Gasteiger partial charge in [0.2, 0.25) is 11.8 Å². The Morgan fingerprint density at radius 2 is 1.63 bits per heavy atom. The van der Waals surface area contributed by atoms with Crippen molar-refractivity contribution in [3.05, 3.63) is 0 Å². The number of nitrogens with zero attached hydrogens (tertiary/aromatic N) is 1. The summed E-state index contributed by atoms with van der Waals surface area (Å²) in [4.78, 5) is 35.8. The summed E-state index contributed by atoms with van der Waals surface area (Å²) in [6.07, 6.45) is 0.604. The molecular formula is C18H33NO7S. The average molecular weight is 408 g/mol. The number of carbonyl (C=O) groups is 3. The van der Waals surface area contributed by atoms with E-state index >= 15 is 0 Å². The van der Waals surface area contributed by atoms with E-state index in [0.29, 0.717) is 45.2 Å².